The minimum atomic E-state index is -0.00616. The summed E-state index contributed by atoms with van der Waals surface area (Å²) >= 11 is 0. The Morgan fingerprint density at radius 1 is 1.12 bits per heavy atom. The Hall–Kier alpha value is -2.44. The third-order valence-electron chi connectivity index (χ3n) is 4.83. The molecule has 3 heteroatoms. The standard InChI is InChI=1S/C21H23NO2/c1-5-17(15-9-7-6-8-10-15)21-18-14-20(24-4)19(23-3)13-16(18)11-12-22(21)2/h1,6-10,13-14,17,21H,11-12H2,2-4H3. The van der Waals surface area contributed by atoms with Gasteiger partial charge in [-0.15, -0.1) is 6.42 Å². The number of fused-ring (bicyclic) bond motifs is 1. The molecule has 0 radical (unpaired) electrons. The van der Waals surface area contributed by atoms with E-state index in [2.05, 4.69) is 42.1 Å². The Kier molecular flexibility index (Phi) is 4.78. The average molecular weight is 321 g/mol. The van der Waals surface area contributed by atoms with Gasteiger partial charge in [-0.2, -0.15) is 0 Å². The Morgan fingerprint density at radius 2 is 1.79 bits per heavy atom. The van der Waals surface area contributed by atoms with Crippen LogP contribution in [0.3, 0.4) is 0 Å². The zero-order chi connectivity index (χ0) is 17.1. The summed E-state index contributed by atoms with van der Waals surface area (Å²) in [5, 5.41) is 0. The molecule has 3 rings (SSSR count). The highest BCUT2D eigenvalue weighted by Gasteiger charge is 2.33. The monoisotopic (exact) mass is 321 g/mol. The second-order valence-corrected chi connectivity index (χ2v) is 6.14. The highest BCUT2D eigenvalue weighted by atomic mass is 16.5. The van der Waals surface area contributed by atoms with Gasteiger partial charge in [-0.1, -0.05) is 36.3 Å². The molecule has 1 aliphatic rings. The van der Waals surface area contributed by atoms with E-state index in [1.54, 1.807) is 14.2 Å². The van der Waals surface area contributed by atoms with Crippen LogP contribution in [0.15, 0.2) is 42.5 Å². The van der Waals surface area contributed by atoms with Crippen LogP contribution >= 0.6 is 0 Å². The molecule has 3 nitrogen and oxygen atoms in total. The molecule has 1 heterocycles. The lowest BCUT2D eigenvalue weighted by Gasteiger charge is -2.38. The van der Waals surface area contributed by atoms with E-state index in [0.717, 1.165) is 24.5 Å². The lowest BCUT2D eigenvalue weighted by atomic mass is 9.81. The third kappa shape index (κ3) is 2.86. The van der Waals surface area contributed by atoms with Gasteiger partial charge >= 0.3 is 0 Å². The molecule has 24 heavy (non-hydrogen) atoms. The molecule has 0 spiro atoms. The first-order valence-corrected chi connectivity index (χ1v) is 8.15. The van der Waals surface area contributed by atoms with Gasteiger partial charge in [-0.25, -0.2) is 0 Å². The fourth-order valence-electron chi connectivity index (χ4n) is 3.57. The van der Waals surface area contributed by atoms with Crippen LogP contribution in [-0.2, 0) is 6.42 Å². The van der Waals surface area contributed by atoms with Crippen molar-refractivity contribution >= 4 is 0 Å². The van der Waals surface area contributed by atoms with E-state index in [0.29, 0.717) is 0 Å². The lowest BCUT2D eigenvalue weighted by Crippen LogP contribution is -2.35. The molecular weight excluding hydrogens is 298 g/mol. The van der Waals surface area contributed by atoms with Gasteiger partial charge in [0.1, 0.15) is 0 Å². The van der Waals surface area contributed by atoms with Crippen molar-refractivity contribution in [3.8, 4) is 23.8 Å². The number of hydrogen-bond donors (Lipinski definition) is 0. The van der Waals surface area contributed by atoms with E-state index in [1.165, 1.54) is 16.7 Å². The molecule has 2 aromatic rings. The summed E-state index contributed by atoms with van der Waals surface area (Å²) in [6.45, 7) is 0.970. The van der Waals surface area contributed by atoms with Gasteiger partial charge in [-0.3, -0.25) is 4.90 Å². The molecular formula is C21H23NO2. The molecule has 0 N–H and O–H groups in total. The predicted molar refractivity (Wildman–Crippen MR) is 96.6 cm³/mol. The van der Waals surface area contributed by atoms with Crippen LogP contribution in [0.5, 0.6) is 11.5 Å². The minimum Gasteiger partial charge on any atom is -0.493 e. The number of likely N-dealkylation sites (N-methyl/N-ethyl adjacent to an activating group) is 1. The van der Waals surface area contributed by atoms with Crippen molar-refractivity contribution in [3.63, 3.8) is 0 Å². The summed E-state index contributed by atoms with van der Waals surface area (Å²) in [4.78, 5) is 2.34. The van der Waals surface area contributed by atoms with E-state index in [4.69, 9.17) is 15.9 Å². The third-order valence-corrected chi connectivity index (χ3v) is 4.83. The highest BCUT2D eigenvalue weighted by molar-refractivity contribution is 5.51. The normalized spacial score (nSPS) is 18.3. The van der Waals surface area contributed by atoms with E-state index in [9.17, 15) is 0 Å². The predicted octanol–water partition coefficient (Wildman–Crippen LogP) is 3.65. The number of ether oxygens (including phenoxy) is 2. The van der Waals surface area contributed by atoms with E-state index in [-0.39, 0.29) is 12.0 Å². The van der Waals surface area contributed by atoms with Crippen molar-refractivity contribution in [3.05, 3.63) is 59.2 Å². The number of rotatable bonds is 4. The van der Waals surface area contributed by atoms with Crippen molar-refractivity contribution in [2.45, 2.75) is 18.4 Å². The van der Waals surface area contributed by atoms with Crippen LogP contribution in [-0.4, -0.2) is 32.7 Å². The van der Waals surface area contributed by atoms with Crippen LogP contribution in [0.25, 0.3) is 0 Å². The van der Waals surface area contributed by atoms with E-state index in [1.807, 2.05) is 18.2 Å². The molecule has 0 bridgehead atoms. The van der Waals surface area contributed by atoms with Crippen molar-refractivity contribution < 1.29 is 9.47 Å². The first kappa shape index (κ1) is 16.4. The Labute approximate surface area is 144 Å². The van der Waals surface area contributed by atoms with Crippen molar-refractivity contribution in [2.24, 2.45) is 0 Å². The molecule has 2 aromatic carbocycles. The van der Waals surface area contributed by atoms with Gasteiger partial charge in [0, 0.05) is 6.54 Å². The quantitative estimate of drug-likeness (QED) is 0.802. The molecule has 0 amide bonds. The van der Waals surface area contributed by atoms with E-state index < -0.39 is 0 Å². The molecule has 0 fully saturated rings. The van der Waals surface area contributed by atoms with Crippen molar-refractivity contribution in [2.75, 3.05) is 27.8 Å². The topological polar surface area (TPSA) is 21.7 Å². The number of benzene rings is 2. The maximum atomic E-state index is 5.95. The largest absolute Gasteiger partial charge is 0.493 e. The van der Waals surface area contributed by atoms with E-state index >= 15 is 0 Å². The fourth-order valence-corrected chi connectivity index (χ4v) is 3.57. The first-order valence-electron chi connectivity index (χ1n) is 8.15. The number of terminal acetylenes is 1. The summed E-state index contributed by atoms with van der Waals surface area (Å²) < 4.78 is 11.0. The molecule has 1 aliphatic heterocycles. The molecule has 0 saturated carbocycles. The van der Waals surface area contributed by atoms with Gasteiger partial charge in [0.15, 0.2) is 11.5 Å². The van der Waals surface area contributed by atoms with Crippen LogP contribution < -0.4 is 9.47 Å². The summed E-state index contributed by atoms with van der Waals surface area (Å²) in [6.07, 6.45) is 6.93. The van der Waals surface area contributed by atoms with Crippen LogP contribution in [0, 0.1) is 12.3 Å². The number of methoxy groups -OCH3 is 2. The van der Waals surface area contributed by atoms with Crippen LogP contribution in [0.1, 0.15) is 28.7 Å². The Bertz CT molecular complexity index is 748. The summed E-state index contributed by atoms with van der Waals surface area (Å²) in [7, 11) is 5.48. The smallest absolute Gasteiger partial charge is 0.161 e. The van der Waals surface area contributed by atoms with Gasteiger partial charge in [-0.05, 0) is 42.3 Å². The molecule has 0 aliphatic carbocycles. The van der Waals surface area contributed by atoms with Gasteiger partial charge in [0.05, 0.1) is 26.2 Å². The molecule has 0 aromatic heterocycles. The second-order valence-electron chi connectivity index (χ2n) is 6.14. The number of hydrogen-bond acceptors (Lipinski definition) is 3. The fraction of sp³-hybridized carbons (Fsp3) is 0.333. The second kappa shape index (κ2) is 6.98. The SMILES string of the molecule is C#CC(c1ccccc1)C1c2cc(OC)c(OC)cc2CCN1C. The van der Waals surface area contributed by atoms with Crippen LogP contribution in [0.4, 0.5) is 0 Å². The Balaban J connectivity index is 2.11. The first-order chi connectivity index (χ1) is 11.7. The summed E-state index contributed by atoms with van der Waals surface area (Å²) in [6, 6.07) is 14.6. The maximum absolute atomic E-state index is 5.95. The molecule has 2 atom stereocenters. The van der Waals surface area contributed by atoms with Crippen molar-refractivity contribution in [1.29, 1.82) is 0 Å². The summed E-state index contributed by atoms with van der Waals surface area (Å²) in [5.74, 6) is 4.53. The van der Waals surface area contributed by atoms with Gasteiger partial charge in [0.25, 0.3) is 0 Å². The number of nitrogens with zero attached hydrogens (tertiary/aromatic N) is 1. The maximum Gasteiger partial charge on any atom is 0.161 e. The van der Waals surface area contributed by atoms with Gasteiger partial charge < -0.3 is 9.47 Å². The Morgan fingerprint density at radius 3 is 2.42 bits per heavy atom. The highest BCUT2D eigenvalue weighted by Crippen LogP contribution is 2.43. The summed E-state index contributed by atoms with van der Waals surface area (Å²) in [5.41, 5.74) is 3.68. The van der Waals surface area contributed by atoms with Gasteiger partial charge in [0.2, 0.25) is 0 Å². The minimum absolute atomic E-state index is 0.00616. The zero-order valence-electron chi connectivity index (χ0n) is 14.5. The average Bonchev–Trinajstić information content (AvgIpc) is 2.63. The lowest BCUT2D eigenvalue weighted by molar-refractivity contribution is 0.216. The molecule has 2 unspecified atom stereocenters. The molecule has 0 saturated heterocycles. The zero-order valence-corrected chi connectivity index (χ0v) is 14.5. The van der Waals surface area contributed by atoms with Crippen molar-refractivity contribution in [1.82, 2.24) is 4.90 Å². The molecule has 124 valence electrons. The van der Waals surface area contributed by atoms with Crippen LogP contribution in [0.2, 0.25) is 0 Å².